The Morgan fingerprint density at radius 1 is 0.932 bits per heavy atom. The largest absolute Gasteiger partial charge is 0.507 e. The highest BCUT2D eigenvalue weighted by Gasteiger charge is 2.48. The summed E-state index contributed by atoms with van der Waals surface area (Å²) < 4.78 is 26.1. The van der Waals surface area contributed by atoms with Gasteiger partial charge in [0.15, 0.2) is 4.34 Å². The molecule has 1 atom stereocenters. The quantitative estimate of drug-likeness (QED) is 0.0402. The van der Waals surface area contributed by atoms with E-state index in [1.54, 1.807) is 66.7 Å². The normalized spacial score (nSPS) is 16.0. The summed E-state index contributed by atoms with van der Waals surface area (Å²) >= 11 is 2.40. The zero-order valence-electron chi connectivity index (χ0n) is 24.4. The van der Waals surface area contributed by atoms with Gasteiger partial charge in [-0.15, -0.1) is 10.2 Å². The highest BCUT2D eigenvalue weighted by molar-refractivity contribution is 8.00. The van der Waals surface area contributed by atoms with Crippen LogP contribution in [0.5, 0.6) is 11.5 Å². The summed E-state index contributed by atoms with van der Waals surface area (Å²) in [5, 5.41) is 20.1. The first-order valence-corrected chi connectivity index (χ1v) is 16.2. The van der Waals surface area contributed by atoms with E-state index in [0.717, 1.165) is 30.6 Å². The van der Waals surface area contributed by atoms with Crippen LogP contribution < -0.4 is 14.4 Å². The Labute approximate surface area is 263 Å². The van der Waals surface area contributed by atoms with Crippen molar-refractivity contribution in [3.63, 3.8) is 0 Å². The Balaban J connectivity index is 1.49. The van der Waals surface area contributed by atoms with Gasteiger partial charge in [-0.2, -0.15) is 0 Å². The van der Waals surface area contributed by atoms with Crippen molar-refractivity contribution in [2.45, 2.75) is 49.2 Å². The van der Waals surface area contributed by atoms with Gasteiger partial charge in [0.2, 0.25) is 5.13 Å². The summed E-state index contributed by atoms with van der Waals surface area (Å²) in [6.07, 6.45) is 2.77. The Morgan fingerprint density at radius 3 is 2.30 bits per heavy atom. The number of amides is 1. The van der Waals surface area contributed by atoms with Crippen LogP contribution in [0.15, 0.2) is 82.7 Å². The van der Waals surface area contributed by atoms with Crippen LogP contribution in [0.4, 0.5) is 9.52 Å². The van der Waals surface area contributed by atoms with Crippen molar-refractivity contribution in [1.29, 1.82) is 0 Å². The van der Waals surface area contributed by atoms with E-state index in [4.69, 9.17) is 9.47 Å². The highest BCUT2D eigenvalue weighted by atomic mass is 32.2. The average Bonchev–Trinajstić information content (AvgIpc) is 3.61. The number of hydrogen-bond donors (Lipinski definition) is 1. The number of Topliss-reactive ketones (excluding diaryl/α,β-unsaturated/α-hetero) is 1. The van der Waals surface area contributed by atoms with Crippen molar-refractivity contribution in [2.24, 2.45) is 0 Å². The Hall–Kier alpha value is -4.22. The van der Waals surface area contributed by atoms with Gasteiger partial charge in [-0.05, 0) is 66.4 Å². The number of thioether (sulfide) groups is 1. The number of hydrogen-bond acceptors (Lipinski definition) is 9. The lowest BCUT2D eigenvalue weighted by Crippen LogP contribution is -2.29. The van der Waals surface area contributed by atoms with E-state index in [1.807, 2.05) is 6.92 Å². The molecular formula is C33H32FN3O5S2. The third-order valence-electron chi connectivity index (χ3n) is 6.92. The molecule has 1 fully saturated rings. The Morgan fingerprint density at radius 2 is 1.61 bits per heavy atom. The summed E-state index contributed by atoms with van der Waals surface area (Å²) in [5.41, 5.74) is 1.41. The molecule has 1 aliphatic heterocycles. The fraction of sp³-hybridized carbons (Fsp3) is 0.273. The summed E-state index contributed by atoms with van der Waals surface area (Å²) in [7, 11) is 0. The lowest BCUT2D eigenvalue weighted by molar-refractivity contribution is -0.132. The minimum atomic E-state index is -0.965. The third kappa shape index (κ3) is 6.95. The molecular weight excluding hydrogens is 602 g/mol. The first-order chi connectivity index (χ1) is 21.4. The molecule has 1 aliphatic rings. The molecule has 228 valence electrons. The molecule has 0 aliphatic carbocycles. The summed E-state index contributed by atoms with van der Waals surface area (Å²) in [4.78, 5) is 28.4. The van der Waals surface area contributed by atoms with Crippen molar-refractivity contribution in [2.75, 3.05) is 18.1 Å². The van der Waals surface area contributed by atoms with Gasteiger partial charge in [-0.25, -0.2) is 4.39 Å². The smallest absolute Gasteiger partial charge is 0.301 e. The number of ether oxygens (including phenoxy) is 2. The van der Waals surface area contributed by atoms with Crippen LogP contribution in [0.3, 0.4) is 0 Å². The summed E-state index contributed by atoms with van der Waals surface area (Å²) in [6.45, 7) is 5.22. The van der Waals surface area contributed by atoms with E-state index in [9.17, 15) is 19.1 Å². The van der Waals surface area contributed by atoms with Gasteiger partial charge in [-0.3, -0.25) is 14.5 Å². The number of benzene rings is 3. The van der Waals surface area contributed by atoms with Crippen LogP contribution in [0.2, 0.25) is 0 Å². The van der Waals surface area contributed by atoms with E-state index in [-0.39, 0.29) is 22.3 Å². The van der Waals surface area contributed by atoms with Gasteiger partial charge in [-0.1, -0.05) is 73.7 Å². The molecule has 1 N–H and O–H groups in total. The van der Waals surface area contributed by atoms with Gasteiger partial charge in [0.25, 0.3) is 5.78 Å². The fourth-order valence-electron chi connectivity index (χ4n) is 4.62. The molecule has 8 nitrogen and oxygen atoms in total. The van der Waals surface area contributed by atoms with Crippen molar-refractivity contribution >= 4 is 45.7 Å². The molecule has 1 aromatic heterocycles. The van der Waals surface area contributed by atoms with Crippen molar-refractivity contribution in [1.82, 2.24) is 10.2 Å². The van der Waals surface area contributed by atoms with Crippen LogP contribution in [0.25, 0.3) is 5.76 Å². The predicted molar refractivity (Wildman–Crippen MR) is 170 cm³/mol. The van der Waals surface area contributed by atoms with Crippen molar-refractivity contribution < 1.29 is 28.6 Å². The van der Waals surface area contributed by atoms with Crippen LogP contribution in [-0.2, 0) is 15.3 Å². The minimum Gasteiger partial charge on any atom is -0.507 e. The number of anilines is 1. The molecule has 0 spiro atoms. The van der Waals surface area contributed by atoms with Gasteiger partial charge >= 0.3 is 5.91 Å². The van der Waals surface area contributed by atoms with Crippen LogP contribution in [0, 0.1) is 5.82 Å². The van der Waals surface area contributed by atoms with Gasteiger partial charge < -0.3 is 14.6 Å². The first-order valence-electron chi connectivity index (χ1n) is 14.4. The SMILES string of the molecule is CCCCOc1ccc(/C(O)=C2/C(=O)C(=O)N(c3nnc(SCc4ccccc4F)s3)C2c2ccc(OCCC)cc2)cc1. The van der Waals surface area contributed by atoms with E-state index in [2.05, 4.69) is 17.1 Å². The monoisotopic (exact) mass is 633 g/mol. The number of ketones is 1. The second kappa shape index (κ2) is 14.5. The number of aliphatic hydroxyl groups is 1. The molecule has 0 saturated carbocycles. The molecule has 5 rings (SSSR count). The molecule has 0 radical (unpaired) electrons. The molecule has 44 heavy (non-hydrogen) atoms. The number of nitrogens with zero attached hydrogens (tertiary/aromatic N) is 3. The summed E-state index contributed by atoms with van der Waals surface area (Å²) in [5.74, 6) is -0.677. The third-order valence-corrected chi connectivity index (χ3v) is 9.02. The zero-order valence-corrected chi connectivity index (χ0v) is 26.0. The van der Waals surface area contributed by atoms with Crippen molar-refractivity contribution in [3.8, 4) is 11.5 Å². The molecule has 1 saturated heterocycles. The topological polar surface area (TPSA) is 102 Å². The van der Waals surface area contributed by atoms with Crippen molar-refractivity contribution in [3.05, 3.63) is 101 Å². The van der Waals surface area contributed by atoms with Crippen LogP contribution >= 0.6 is 23.1 Å². The van der Waals surface area contributed by atoms with E-state index in [0.29, 0.717) is 51.5 Å². The first kappa shape index (κ1) is 31.2. The van der Waals surface area contributed by atoms with Gasteiger partial charge in [0.05, 0.1) is 24.8 Å². The predicted octanol–water partition coefficient (Wildman–Crippen LogP) is 7.56. The summed E-state index contributed by atoms with van der Waals surface area (Å²) in [6, 6.07) is 19.3. The molecule has 0 bridgehead atoms. The molecule has 2 heterocycles. The van der Waals surface area contributed by atoms with Crippen LogP contribution in [-0.4, -0.2) is 40.2 Å². The highest BCUT2D eigenvalue weighted by Crippen LogP contribution is 2.44. The number of unbranched alkanes of at least 4 members (excludes halogenated alkanes) is 1. The number of aliphatic hydroxyl groups excluding tert-OH is 1. The number of carbonyl (C=O) groups is 2. The lowest BCUT2D eigenvalue weighted by Gasteiger charge is -2.22. The maximum Gasteiger partial charge on any atom is 0.301 e. The molecule has 3 aromatic carbocycles. The number of carbonyl (C=O) groups excluding carboxylic acids is 2. The van der Waals surface area contributed by atoms with E-state index < -0.39 is 17.7 Å². The minimum absolute atomic E-state index is 0.0624. The van der Waals surface area contributed by atoms with E-state index >= 15 is 0 Å². The standard InChI is InChI=1S/C33H32FN3O5S2/c1-3-5-19-42-25-16-12-22(13-17-25)29(38)27-28(21-10-14-24(15-11-21)41-18-4-2)37(31(40)30(27)39)32-35-36-33(44-32)43-20-23-8-6-7-9-26(23)34/h6-17,28,38H,3-5,18-20H2,1-2H3/b29-27-. The second-order valence-corrected chi connectivity index (χ2v) is 12.2. The maximum absolute atomic E-state index is 14.1. The lowest BCUT2D eigenvalue weighted by atomic mass is 9.95. The van der Waals surface area contributed by atoms with Crippen LogP contribution in [0.1, 0.15) is 55.8 Å². The van der Waals surface area contributed by atoms with Gasteiger partial charge in [0, 0.05) is 11.3 Å². The van der Waals surface area contributed by atoms with Gasteiger partial charge in [0.1, 0.15) is 23.1 Å². The second-order valence-electron chi connectivity index (χ2n) is 10.0. The zero-order chi connectivity index (χ0) is 31.1. The Kier molecular flexibility index (Phi) is 10.3. The molecule has 11 heteroatoms. The molecule has 1 unspecified atom stereocenters. The molecule has 1 amide bonds. The maximum atomic E-state index is 14.1. The molecule has 4 aromatic rings. The number of aromatic nitrogens is 2. The van der Waals surface area contributed by atoms with E-state index in [1.165, 1.54) is 22.7 Å². The number of rotatable bonds is 13. The Bertz CT molecular complexity index is 1640. The average molecular weight is 634 g/mol. The number of halogens is 1. The fourth-order valence-corrected chi connectivity index (χ4v) is 6.48.